The second kappa shape index (κ2) is 5.05. The molecule has 1 N–H and O–H groups in total. The maximum atomic E-state index is 3.59. The van der Waals surface area contributed by atoms with Crippen LogP contribution >= 0.6 is 0 Å². The quantitative estimate of drug-likeness (QED) is 0.852. The highest BCUT2D eigenvalue weighted by molar-refractivity contribution is 5.24. The van der Waals surface area contributed by atoms with Gasteiger partial charge in [0.2, 0.25) is 0 Å². The van der Waals surface area contributed by atoms with E-state index < -0.39 is 0 Å². The molecule has 0 saturated heterocycles. The molecule has 3 unspecified atom stereocenters. The zero-order valence-corrected chi connectivity index (χ0v) is 11.7. The fourth-order valence-electron chi connectivity index (χ4n) is 4.17. The van der Waals surface area contributed by atoms with Gasteiger partial charge in [-0.3, -0.25) is 0 Å². The summed E-state index contributed by atoms with van der Waals surface area (Å²) in [4.78, 5) is 0. The minimum Gasteiger partial charge on any atom is -0.316 e. The molecule has 0 radical (unpaired) electrons. The molecule has 0 aliphatic heterocycles. The maximum absolute atomic E-state index is 3.59. The Bertz CT molecular complexity index is 400. The second-order valence-electron chi connectivity index (χ2n) is 6.28. The van der Waals surface area contributed by atoms with Crippen molar-refractivity contribution in [3.8, 4) is 0 Å². The number of rotatable bonds is 4. The van der Waals surface area contributed by atoms with Crippen LogP contribution < -0.4 is 5.32 Å². The summed E-state index contributed by atoms with van der Waals surface area (Å²) in [6.45, 7) is 2.19. The molecule has 3 rings (SSSR count). The Morgan fingerprint density at radius 3 is 2.56 bits per heavy atom. The van der Waals surface area contributed by atoms with Gasteiger partial charge >= 0.3 is 0 Å². The molecule has 1 aromatic carbocycles. The maximum Gasteiger partial charge on any atom is 0.0138 e. The third kappa shape index (κ3) is 2.33. The molecule has 1 aromatic rings. The fraction of sp³-hybridized carbons (Fsp3) is 0.647. The van der Waals surface area contributed by atoms with E-state index in [2.05, 4.69) is 43.6 Å². The second-order valence-corrected chi connectivity index (χ2v) is 6.28. The Balaban J connectivity index is 1.66. The zero-order valence-electron chi connectivity index (χ0n) is 11.7. The molecule has 3 atom stereocenters. The molecule has 2 aliphatic carbocycles. The van der Waals surface area contributed by atoms with Crippen LogP contribution in [0.2, 0.25) is 0 Å². The first kappa shape index (κ1) is 12.2. The van der Waals surface area contributed by atoms with E-state index in [9.17, 15) is 0 Å². The van der Waals surface area contributed by atoms with Crippen LogP contribution in [0.25, 0.3) is 0 Å². The molecule has 0 aromatic heterocycles. The molecule has 0 spiro atoms. The van der Waals surface area contributed by atoms with E-state index in [0.717, 1.165) is 17.8 Å². The normalized spacial score (nSPS) is 31.8. The number of hydrogen-bond donors (Lipinski definition) is 1. The van der Waals surface area contributed by atoms with Gasteiger partial charge in [-0.2, -0.15) is 0 Å². The average Bonchev–Trinajstić information content (AvgIpc) is 3.10. The Labute approximate surface area is 111 Å². The van der Waals surface area contributed by atoms with Gasteiger partial charge in [-0.25, -0.2) is 0 Å². The molecule has 2 aliphatic rings. The van der Waals surface area contributed by atoms with Gasteiger partial charge in [0.15, 0.2) is 0 Å². The van der Waals surface area contributed by atoms with Crippen LogP contribution in [0.15, 0.2) is 24.3 Å². The van der Waals surface area contributed by atoms with Crippen molar-refractivity contribution in [3.63, 3.8) is 0 Å². The number of likely N-dealkylation sites (N-methyl/N-ethyl adjacent to an activating group) is 1. The fourth-order valence-corrected chi connectivity index (χ4v) is 4.17. The molecule has 2 saturated carbocycles. The minimum atomic E-state index is 0.694. The van der Waals surface area contributed by atoms with E-state index in [-0.39, 0.29) is 0 Å². The van der Waals surface area contributed by atoms with Crippen molar-refractivity contribution < 1.29 is 0 Å². The first-order valence-electron chi connectivity index (χ1n) is 7.52. The SMILES string of the molecule is CNC(Cc1cccc(C)c1)C1C2CCCCC21. The average molecular weight is 243 g/mol. The first-order chi connectivity index (χ1) is 8.79. The monoisotopic (exact) mass is 243 g/mol. The van der Waals surface area contributed by atoms with Crippen LogP contribution in [0.5, 0.6) is 0 Å². The summed E-state index contributed by atoms with van der Waals surface area (Å²) in [5.74, 6) is 3.04. The smallest absolute Gasteiger partial charge is 0.0138 e. The lowest BCUT2D eigenvalue weighted by molar-refractivity contribution is 0.460. The van der Waals surface area contributed by atoms with Crippen LogP contribution in [-0.2, 0) is 6.42 Å². The van der Waals surface area contributed by atoms with E-state index >= 15 is 0 Å². The van der Waals surface area contributed by atoms with Gasteiger partial charge in [-0.15, -0.1) is 0 Å². The lowest BCUT2D eigenvalue weighted by Crippen LogP contribution is -2.31. The van der Waals surface area contributed by atoms with Crippen molar-refractivity contribution >= 4 is 0 Å². The Morgan fingerprint density at radius 2 is 1.94 bits per heavy atom. The molecule has 0 bridgehead atoms. The summed E-state index contributed by atoms with van der Waals surface area (Å²) >= 11 is 0. The third-order valence-electron chi connectivity index (χ3n) is 5.10. The van der Waals surface area contributed by atoms with E-state index in [1.54, 1.807) is 0 Å². The van der Waals surface area contributed by atoms with Crippen LogP contribution in [0.1, 0.15) is 36.8 Å². The third-order valence-corrected chi connectivity index (χ3v) is 5.10. The number of aryl methyl sites for hydroxylation is 1. The topological polar surface area (TPSA) is 12.0 Å². The predicted octanol–water partition coefficient (Wildman–Crippen LogP) is 3.56. The minimum absolute atomic E-state index is 0.694. The predicted molar refractivity (Wildman–Crippen MR) is 76.7 cm³/mol. The van der Waals surface area contributed by atoms with E-state index in [1.807, 2.05) is 0 Å². The standard InChI is InChI=1S/C17H25N/c1-12-6-5-7-13(10-12)11-16(18-2)17-14-8-3-4-9-15(14)17/h5-7,10,14-18H,3-4,8-9,11H2,1-2H3. The van der Waals surface area contributed by atoms with Gasteiger partial charge in [-0.1, -0.05) is 42.7 Å². The van der Waals surface area contributed by atoms with E-state index in [1.165, 1.54) is 43.2 Å². The Morgan fingerprint density at radius 1 is 1.22 bits per heavy atom. The first-order valence-corrected chi connectivity index (χ1v) is 7.52. The van der Waals surface area contributed by atoms with Gasteiger partial charge in [0.05, 0.1) is 0 Å². The van der Waals surface area contributed by atoms with Gasteiger partial charge in [0.25, 0.3) is 0 Å². The molecule has 0 amide bonds. The molecule has 1 heteroatoms. The summed E-state index contributed by atoms with van der Waals surface area (Å²) in [6, 6.07) is 9.70. The van der Waals surface area contributed by atoms with Crippen molar-refractivity contribution in [2.75, 3.05) is 7.05 Å². The highest BCUT2D eigenvalue weighted by Gasteiger charge is 2.53. The highest BCUT2D eigenvalue weighted by Crippen LogP contribution is 2.57. The van der Waals surface area contributed by atoms with Crippen LogP contribution in [-0.4, -0.2) is 13.1 Å². The molecule has 1 nitrogen and oxygen atoms in total. The molecule has 2 fully saturated rings. The zero-order chi connectivity index (χ0) is 12.5. The summed E-state index contributed by atoms with van der Waals surface area (Å²) in [7, 11) is 2.14. The van der Waals surface area contributed by atoms with Crippen molar-refractivity contribution in [2.45, 2.75) is 45.1 Å². The summed E-state index contributed by atoms with van der Waals surface area (Å²) in [5, 5.41) is 3.59. The number of fused-ring (bicyclic) bond motifs is 1. The summed E-state index contributed by atoms with van der Waals surface area (Å²) in [6.07, 6.45) is 7.12. The van der Waals surface area contributed by atoms with Gasteiger partial charge in [0.1, 0.15) is 0 Å². The summed E-state index contributed by atoms with van der Waals surface area (Å²) < 4.78 is 0. The molecular weight excluding hydrogens is 218 g/mol. The molecule has 0 heterocycles. The van der Waals surface area contributed by atoms with Crippen molar-refractivity contribution in [1.82, 2.24) is 5.32 Å². The number of benzene rings is 1. The van der Waals surface area contributed by atoms with Crippen molar-refractivity contribution in [1.29, 1.82) is 0 Å². The van der Waals surface area contributed by atoms with Gasteiger partial charge < -0.3 is 5.32 Å². The van der Waals surface area contributed by atoms with Crippen molar-refractivity contribution in [3.05, 3.63) is 35.4 Å². The van der Waals surface area contributed by atoms with Crippen LogP contribution in [0.3, 0.4) is 0 Å². The molecule has 18 heavy (non-hydrogen) atoms. The van der Waals surface area contributed by atoms with E-state index in [0.29, 0.717) is 6.04 Å². The lowest BCUT2D eigenvalue weighted by Gasteiger charge is -2.17. The highest BCUT2D eigenvalue weighted by atomic mass is 14.9. The van der Waals surface area contributed by atoms with Crippen LogP contribution in [0.4, 0.5) is 0 Å². The molecule has 98 valence electrons. The van der Waals surface area contributed by atoms with Crippen LogP contribution in [0, 0.1) is 24.7 Å². The molecular formula is C17H25N. The Kier molecular flexibility index (Phi) is 3.43. The Hall–Kier alpha value is -0.820. The largest absolute Gasteiger partial charge is 0.316 e. The van der Waals surface area contributed by atoms with Gasteiger partial charge in [-0.05, 0) is 56.6 Å². The number of nitrogens with one attached hydrogen (secondary N) is 1. The van der Waals surface area contributed by atoms with Gasteiger partial charge in [0, 0.05) is 6.04 Å². The lowest BCUT2D eigenvalue weighted by atomic mass is 9.99. The van der Waals surface area contributed by atoms with E-state index in [4.69, 9.17) is 0 Å². The van der Waals surface area contributed by atoms with Crippen molar-refractivity contribution in [2.24, 2.45) is 17.8 Å². The summed E-state index contributed by atoms with van der Waals surface area (Å²) in [5.41, 5.74) is 2.88. The number of hydrogen-bond acceptors (Lipinski definition) is 1.